The van der Waals surface area contributed by atoms with E-state index >= 15 is 0 Å². The van der Waals surface area contributed by atoms with E-state index in [1.165, 1.54) is 12.1 Å². The van der Waals surface area contributed by atoms with Gasteiger partial charge in [-0.15, -0.1) is 0 Å². The molecule has 0 saturated heterocycles. The van der Waals surface area contributed by atoms with Crippen LogP contribution in [0.3, 0.4) is 0 Å². The van der Waals surface area contributed by atoms with Crippen LogP contribution in [0.25, 0.3) is 0 Å². The topological polar surface area (TPSA) is 46.2 Å². The van der Waals surface area contributed by atoms with Crippen LogP contribution >= 0.6 is 15.9 Å². The van der Waals surface area contributed by atoms with Gasteiger partial charge in [0.1, 0.15) is 11.8 Å². The van der Waals surface area contributed by atoms with Gasteiger partial charge in [-0.2, -0.15) is 13.2 Å². The monoisotopic (exact) mass is 283 g/mol. The molecule has 0 aromatic heterocycles. The molecule has 1 aromatic rings. The van der Waals surface area contributed by atoms with Crippen LogP contribution in [-0.4, -0.2) is 11.3 Å². The highest BCUT2D eigenvalue weighted by Crippen LogP contribution is 2.37. The van der Waals surface area contributed by atoms with Crippen molar-refractivity contribution in [3.05, 3.63) is 27.7 Å². The van der Waals surface area contributed by atoms with E-state index in [0.717, 1.165) is 0 Å². The van der Waals surface area contributed by atoms with Gasteiger partial charge in [0.05, 0.1) is 0 Å². The third-order valence-electron chi connectivity index (χ3n) is 2.00. The van der Waals surface area contributed by atoms with Gasteiger partial charge in [0.25, 0.3) is 0 Å². The van der Waals surface area contributed by atoms with E-state index in [1.807, 2.05) is 0 Å². The van der Waals surface area contributed by atoms with Gasteiger partial charge in [0, 0.05) is 10.0 Å². The van der Waals surface area contributed by atoms with Crippen LogP contribution < -0.4 is 5.73 Å². The SMILES string of the molecule is Cc1cc(O)c([C@H](N)C(F)(F)F)cc1Br. The van der Waals surface area contributed by atoms with Gasteiger partial charge in [-0.3, -0.25) is 0 Å². The largest absolute Gasteiger partial charge is 0.508 e. The summed E-state index contributed by atoms with van der Waals surface area (Å²) in [6, 6.07) is 0.253. The van der Waals surface area contributed by atoms with Crippen molar-refractivity contribution in [1.29, 1.82) is 0 Å². The molecule has 15 heavy (non-hydrogen) atoms. The highest BCUT2D eigenvalue weighted by molar-refractivity contribution is 9.10. The van der Waals surface area contributed by atoms with E-state index in [0.29, 0.717) is 10.0 Å². The van der Waals surface area contributed by atoms with Crippen LogP contribution in [0, 0.1) is 6.92 Å². The Hall–Kier alpha value is -0.750. The Morgan fingerprint density at radius 2 is 1.93 bits per heavy atom. The minimum absolute atomic E-state index is 0.333. The van der Waals surface area contributed by atoms with E-state index in [9.17, 15) is 18.3 Å². The Morgan fingerprint density at radius 1 is 1.40 bits per heavy atom. The number of alkyl halides is 3. The van der Waals surface area contributed by atoms with Crippen LogP contribution in [0.5, 0.6) is 5.75 Å². The molecule has 1 aromatic carbocycles. The van der Waals surface area contributed by atoms with Crippen molar-refractivity contribution in [2.24, 2.45) is 5.73 Å². The van der Waals surface area contributed by atoms with E-state index in [2.05, 4.69) is 15.9 Å². The molecule has 84 valence electrons. The zero-order valence-corrected chi connectivity index (χ0v) is 9.35. The summed E-state index contributed by atoms with van der Waals surface area (Å²) in [6.45, 7) is 1.66. The fraction of sp³-hybridized carbons (Fsp3) is 0.333. The fourth-order valence-electron chi connectivity index (χ4n) is 1.11. The van der Waals surface area contributed by atoms with Gasteiger partial charge in [-0.1, -0.05) is 15.9 Å². The summed E-state index contributed by atoms with van der Waals surface area (Å²) in [6.07, 6.45) is -4.56. The average molecular weight is 284 g/mol. The molecule has 0 spiro atoms. The van der Waals surface area contributed by atoms with Crippen LogP contribution in [0.4, 0.5) is 13.2 Å². The molecule has 0 amide bonds. The molecule has 0 unspecified atom stereocenters. The smallest absolute Gasteiger partial charge is 0.407 e. The molecule has 1 rings (SSSR count). The van der Waals surface area contributed by atoms with E-state index < -0.39 is 18.0 Å². The lowest BCUT2D eigenvalue weighted by molar-refractivity contribution is -0.149. The molecule has 0 radical (unpaired) electrons. The van der Waals surface area contributed by atoms with Crippen LogP contribution in [-0.2, 0) is 0 Å². The van der Waals surface area contributed by atoms with Crippen molar-refractivity contribution in [2.75, 3.05) is 0 Å². The molecule has 0 aliphatic carbocycles. The standard InChI is InChI=1S/C9H9BrF3NO/c1-4-2-7(15)5(3-6(4)10)8(14)9(11,12)13/h2-3,8,15H,14H2,1H3/t8-/m0/s1. The second-order valence-electron chi connectivity index (χ2n) is 3.18. The molecule has 6 heteroatoms. The molecule has 0 heterocycles. The van der Waals surface area contributed by atoms with Gasteiger partial charge < -0.3 is 10.8 Å². The first-order valence-electron chi connectivity index (χ1n) is 4.04. The third kappa shape index (κ3) is 2.63. The number of phenols is 1. The number of rotatable bonds is 1. The predicted octanol–water partition coefficient (Wildman–Crippen LogP) is 3.03. The number of hydrogen-bond acceptors (Lipinski definition) is 2. The minimum Gasteiger partial charge on any atom is -0.508 e. The molecule has 0 aliphatic rings. The summed E-state index contributed by atoms with van der Waals surface area (Å²) >= 11 is 3.08. The lowest BCUT2D eigenvalue weighted by atomic mass is 10.0. The minimum atomic E-state index is -4.56. The Kier molecular flexibility index (Phi) is 3.30. The zero-order chi connectivity index (χ0) is 11.8. The number of aryl methyl sites for hydroxylation is 1. The number of benzene rings is 1. The molecule has 1 atom stereocenters. The third-order valence-corrected chi connectivity index (χ3v) is 2.85. The van der Waals surface area contributed by atoms with Crippen molar-refractivity contribution in [3.63, 3.8) is 0 Å². The lowest BCUT2D eigenvalue weighted by Gasteiger charge is -2.17. The molecule has 0 bridgehead atoms. The Balaban J connectivity index is 3.21. The number of phenolic OH excluding ortho intramolecular Hbond substituents is 1. The Bertz CT molecular complexity index is 378. The number of nitrogens with two attached hydrogens (primary N) is 1. The summed E-state index contributed by atoms with van der Waals surface area (Å²) in [5.74, 6) is -0.444. The molecular formula is C9H9BrF3NO. The molecule has 2 nitrogen and oxygen atoms in total. The first-order valence-corrected chi connectivity index (χ1v) is 4.84. The van der Waals surface area contributed by atoms with Crippen LogP contribution in [0.2, 0.25) is 0 Å². The van der Waals surface area contributed by atoms with Crippen LogP contribution in [0.1, 0.15) is 17.2 Å². The van der Waals surface area contributed by atoms with Gasteiger partial charge in [-0.05, 0) is 24.6 Å². The summed E-state index contributed by atoms with van der Waals surface area (Å²) in [7, 11) is 0. The maximum atomic E-state index is 12.3. The summed E-state index contributed by atoms with van der Waals surface area (Å²) in [5.41, 5.74) is 5.30. The quantitative estimate of drug-likeness (QED) is 0.832. The van der Waals surface area contributed by atoms with Gasteiger partial charge in [-0.25, -0.2) is 0 Å². The molecule has 0 fully saturated rings. The van der Waals surface area contributed by atoms with Gasteiger partial charge in [0.15, 0.2) is 0 Å². The number of aromatic hydroxyl groups is 1. The Morgan fingerprint density at radius 3 is 2.40 bits per heavy atom. The van der Waals surface area contributed by atoms with E-state index in [1.54, 1.807) is 6.92 Å². The van der Waals surface area contributed by atoms with Crippen molar-refractivity contribution in [1.82, 2.24) is 0 Å². The molecule has 0 aliphatic heterocycles. The Labute approximate surface area is 93.0 Å². The van der Waals surface area contributed by atoms with Crippen LogP contribution in [0.15, 0.2) is 16.6 Å². The fourth-order valence-corrected chi connectivity index (χ4v) is 1.47. The first-order chi connectivity index (χ1) is 6.73. The summed E-state index contributed by atoms with van der Waals surface area (Å²) in [5, 5.41) is 9.35. The second kappa shape index (κ2) is 4.02. The number of hydrogen-bond donors (Lipinski definition) is 2. The maximum Gasteiger partial charge on any atom is 0.407 e. The summed E-state index contributed by atoms with van der Waals surface area (Å²) < 4.78 is 37.4. The highest BCUT2D eigenvalue weighted by Gasteiger charge is 2.39. The molecule has 0 saturated carbocycles. The summed E-state index contributed by atoms with van der Waals surface area (Å²) in [4.78, 5) is 0. The predicted molar refractivity (Wildman–Crippen MR) is 53.5 cm³/mol. The van der Waals surface area contributed by atoms with Crippen molar-refractivity contribution in [3.8, 4) is 5.75 Å². The van der Waals surface area contributed by atoms with E-state index in [-0.39, 0.29) is 5.56 Å². The highest BCUT2D eigenvalue weighted by atomic mass is 79.9. The van der Waals surface area contributed by atoms with E-state index in [4.69, 9.17) is 5.73 Å². The van der Waals surface area contributed by atoms with Crippen molar-refractivity contribution < 1.29 is 18.3 Å². The van der Waals surface area contributed by atoms with Crippen molar-refractivity contribution >= 4 is 15.9 Å². The maximum absolute atomic E-state index is 12.3. The number of halogens is 4. The van der Waals surface area contributed by atoms with Crippen molar-refractivity contribution in [2.45, 2.75) is 19.1 Å². The average Bonchev–Trinajstić information content (AvgIpc) is 2.08. The molecule has 3 N–H and O–H groups in total. The second-order valence-corrected chi connectivity index (χ2v) is 4.03. The van der Waals surface area contributed by atoms with Gasteiger partial charge >= 0.3 is 6.18 Å². The lowest BCUT2D eigenvalue weighted by Crippen LogP contribution is -2.28. The normalized spacial score (nSPS) is 14.0. The molecular weight excluding hydrogens is 275 g/mol. The first kappa shape index (κ1) is 12.3. The van der Waals surface area contributed by atoms with Gasteiger partial charge in [0.2, 0.25) is 0 Å². The zero-order valence-electron chi connectivity index (χ0n) is 7.77.